The van der Waals surface area contributed by atoms with Gasteiger partial charge in [0.15, 0.2) is 0 Å². The van der Waals surface area contributed by atoms with Crippen molar-refractivity contribution in [2.45, 2.75) is 41.0 Å². The molecule has 1 atom stereocenters. The summed E-state index contributed by atoms with van der Waals surface area (Å²) in [4.78, 5) is 0. The highest BCUT2D eigenvalue weighted by Crippen LogP contribution is 2.32. The fraction of sp³-hybridized carbons (Fsp3) is 0.647. The normalized spacial score (nSPS) is 14.8. The lowest BCUT2D eigenvalue weighted by molar-refractivity contribution is 0.203. The Balaban J connectivity index is 2.80. The van der Waals surface area contributed by atoms with Gasteiger partial charge in [0.1, 0.15) is 5.82 Å². The van der Waals surface area contributed by atoms with E-state index in [1.54, 1.807) is 12.1 Å². The molecule has 0 fully saturated rings. The summed E-state index contributed by atoms with van der Waals surface area (Å²) in [7, 11) is 0. The topological polar surface area (TPSA) is 12.0 Å². The first-order valence-corrected chi connectivity index (χ1v) is 7.77. The summed E-state index contributed by atoms with van der Waals surface area (Å²) in [5, 5.41) is 3.96. The molecule has 0 saturated carbocycles. The second kappa shape index (κ2) is 7.42. The van der Waals surface area contributed by atoms with E-state index in [9.17, 15) is 4.39 Å². The van der Waals surface area contributed by atoms with E-state index in [4.69, 9.17) is 11.6 Å². The van der Waals surface area contributed by atoms with Gasteiger partial charge in [0.05, 0.1) is 0 Å². The molecule has 0 aliphatic carbocycles. The van der Waals surface area contributed by atoms with Crippen molar-refractivity contribution in [3.05, 3.63) is 34.6 Å². The molecule has 1 nitrogen and oxygen atoms in total. The summed E-state index contributed by atoms with van der Waals surface area (Å²) >= 11 is 5.82. The Labute approximate surface area is 127 Å². The van der Waals surface area contributed by atoms with Crippen LogP contribution in [0, 0.1) is 23.1 Å². The zero-order chi connectivity index (χ0) is 15.3. The third-order valence-electron chi connectivity index (χ3n) is 4.08. The van der Waals surface area contributed by atoms with E-state index < -0.39 is 0 Å². The van der Waals surface area contributed by atoms with Gasteiger partial charge in [-0.3, -0.25) is 0 Å². The molecule has 0 bridgehead atoms. The number of halogens is 2. The quantitative estimate of drug-likeness (QED) is 0.753. The summed E-state index contributed by atoms with van der Waals surface area (Å²) < 4.78 is 14.0. The first-order chi connectivity index (χ1) is 9.24. The van der Waals surface area contributed by atoms with Crippen LogP contribution >= 0.6 is 11.6 Å². The Hall–Kier alpha value is -0.600. The van der Waals surface area contributed by atoms with Gasteiger partial charge < -0.3 is 5.32 Å². The van der Waals surface area contributed by atoms with Crippen LogP contribution in [0.2, 0.25) is 5.02 Å². The minimum absolute atomic E-state index is 0.0313. The van der Waals surface area contributed by atoms with Crippen LogP contribution in [0.3, 0.4) is 0 Å². The molecule has 1 rings (SSSR count). The van der Waals surface area contributed by atoms with Gasteiger partial charge >= 0.3 is 0 Å². The van der Waals surface area contributed by atoms with Gasteiger partial charge in [0.2, 0.25) is 0 Å². The largest absolute Gasteiger partial charge is 0.316 e. The van der Waals surface area contributed by atoms with Crippen molar-refractivity contribution < 1.29 is 4.39 Å². The predicted octanol–water partition coefficient (Wildman–Crippen LogP) is 4.93. The van der Waals surface area contributed by atoms with Crippen LogP contribution in [0.4, 0.5) is 4.39 Å². The fourth-order valence-electron chi connectivity index (χ4n) is 2.22. The van der Waals surface area contributed by atoms with Gasteiger partial charge in [-0.15, -0.1) is 0 Å². The van der Waals surface area contributed by atoms with E-state index >= 15 is 0 Å². The van der Waals surface area contributed by atoms with Crippen molar-refractivity contribution in [2.75, 3.05) is 13.1 Å². The van der Waals surface area contributed by atoms with Gasteiger partial charge in [-0.05, 0) is 47.9 Å². The molecular weight excluding hydrogens is 273 g/mol. The van der Waals surface area contributed by atoms with Crippen LogP contribution in [0.5, 0.6) is 0 Å². The van der Waals surface area contributed by atoms with Crippen LogP contribution in [0.25, 0.3) is 0 Å². The third kappa shape index (κ3) is 5.06. The minimum Gasteiger partial charge on any atom is -0.316 e. The maximum atomic E-state index is 14.0. The molecule has 1 aromatic carbocycles. The SMILES string of the molecule is CC(C)CNCC(C)(Cc1ccc(Cl)cc1F)C(C)C. The van der Waals surface area contributed by atoms with Crippen molar-refractivity contribution in [1.29, 1.82) is 0 Å². The lowest BCUT2D eigenvalue weighted by atomic mass is 9.74. The molecule has 0 radical (unpaired) electrons. The second-order valence-electron chi connectivity index (χ2n) is 6.75. The smallest absolute Gasteiger partial charge is 0.127 e. The first-order valence-electron chi connectivity index (χ1n) is 7.39. The lowest BCUT2D eigenvalue weighted by Gasteiger charge is -2.35. The Morgan fingerprint density at radius 3 is 2.40 bits per heavy atom. The molecule has 0 amide bonds. The summed E-state index contributed by atoms with van der Waals surface area (Å²) in [5.74, 6) is 0.893. The van der Waals surface area contributed by atoms with Crippen LogP contribution in [0.1, 0.15) is 40.2 Å². The minimum atomic E-state index is -0.201. The molecule has 0 aromatic heterocycles. The van der Waals surface area contributed by atoms with Crippen molar-refractivity contribution >= 4 is 11.6 Å². The molecular formula is C17H27ClFN. The number of benzene rings is 1. The maximum Gasteiger partial charge on any atom is 0.127 e. The molecule has 0 saturated heterocycles. The maximum absolute atomic E-state index is 14.0. The Morgan fingerprint density at radius 1 is 1.25 bits per heavy atom. The van der Waals surface area contributed by atoms with E-state index in [2.05, 4.69) is 39.9 Å². The molecule has 0 aliphatic heterocycles. The Kier molecular flexibility index (Phi) is 6.47. The van der Waals surface area contributed by atoms with E-state index in [0.29, 0.717) is 16.9 Å². The molecule has 3 heteroatoms. The van der Waals surface area contributed by atoms with Crippen molar-refractivity contribution in [1.82, 2.24) is 5.32 Å². The molecule has 20 heavy (non-hydrogen) atoms. The van der Waals surface area contributed by atoms with Crippen LogP contribution in [-0.2, 0) is 6.42 Å². The second-order valence-corrected chi connectivity index (χ2v) is 7.18. The lowest BCUT2D eigenvalue weighted by Crippen LogP contribution is -2.39. The van der Waals surface area contributed by atoms with E-state index in [0.717, 1.165) is 25.1 Å². The van der Waals surface area contributed by atoms with Gasteiger partial charge in [-0.1, -0.05) is 52.3 Å². The van der Waals surface area contributed by atoms with Crippen molar-refractivity contribution in [3.63, 3.8) is 0 Å². The summed E-state index contributed by atoms with van der Waals surface area (Å²) in [5.41, 5.74) is 0.778. The highest BCUT2D eigenvalue weighted by Gasteiger charge is 2.29. The number of nitrogens with one attached hydrogen (secondary N) is 1. The molecule has 1 unspecified atom stereocenters. The molecule has 1 N–H and O–H groups in total. The van der Waals surface area contributed by atoms with Crippen molar-refractivity contribution in [2.24, 2.45) is 17.3 Å². The van der Waals surface area contributed by atoms with Crippen LogP contribution in [0.15, 0.2) is 18.2 Å². The first kappa shape index (κ1) is 17.5. The Bertz CT molecular complexity index is 431. The number of rotatable bonds is 7. The average Bonchev–Trinajstić information content (AvgIpc) is 2.32. The molecule has 0 heterocycles. The van der Waals surface area contributed by atoms with E-state index in [1.807, 2.05) is 0 Å². The highest BCUT2D eigenvalue weighted by molar-refractivity contribution is 6.30. The van der Waals surface area contributed by atoms with Crippen molar-refractivity contribution in [3.8, 4) is 0 Å². The van der Waals surface area contributed by atoms with Gasteiger partial charge in [0.25, 0.3) is 0 Å². The molecule has 114 valence electrons. The summed E-state index contributed by atoms with van der Waals surface area (Å²) in [6.45, 7) is 12.9. The monoisotopic (exact) mass is 299 g/mol. The molecule has 0 spiro atoms. The summed E-state index contributed by atoms with van der Waals surface area (Å²) in [6.07, 6.45) is 0.721. The Morgan fingerprint density at radius 2 is 1.90 bits per heavy atom. The fourth-order valence-corrected chi connectivity index (χ4v) is 2.38. The highest BCUT2D eigenvalue weighted by atomic mass is 35.5. The van der Waals surface area contributed by atoms with Gasteiger partial charge in [-0.25, -0.2) is 4.39 Å². The zero-order valence-corrected chi connectivity index (χ0v) is 14.0. The number of hydrogen-bond acceptors (Lipinski definition) is 1. The third-order valence-corrected chi connectivity index (χ3v) is 4.32. The molecule has 0 aliphatic rings. The predicted molar refractivity (Wildman–Crippen MR) is 85.8 cm³/mol. The standard InChI is InChI=1S/C17H27ClFN/c1-12(2)10-20-11-17(5,13(3)4)9-14-6-7-15(18)8-16(14)19/h6-8,12-13,20H,9-11H2,1-5H3. The van der Waals surface area contributed by atoms with E-state index in [1.165, 1.54) is 6.07 Å². The zero-order valence-electron chi connectivity index (χ0n) is 13.3. The van der Waals surface area contributed by atoms with Gasteiger partial charge in [0, 0.05) is 11.6 Å². The number of hydrogen-bond donors (Lipinski definition) is 1. The molecule has 1 aromatic rings. The summed E-state index contributed by atoms with van der Waals surface area (Å²) in [6, 6.07) is 4.97. The van der Waals surface area contributed by atoms with Crippen LogP contribution in [-0.4, -0.2) is 13.1 Å². The average molecular weight is 300 g/mol. The van der Waals surface area contributed by atoms with Crippen LogP contribution < -0.4 is 5.32 Å². The van der Waals surface area contributed by atoms with Gasteiger partial charge in [-0.2, -0.15) is 0 Å². The van der Waals surface area contributed by atoms with E-state index in [-0.39, 0.29) is 11.2 Å².